The third-order valence-corrected chi connectivity index (χ3v) is 11.8. The van der Waals surface area contributed by atoms with Crippen molar-refractivity contribution >= 4 is 56.6 Å². The van der Waals surface area contributed by atoms with E-state index in [4.69, 9.17) is 30.0 Å². The molecule has 0 spiro atoms. The van der Waals surface area contributed by atoms with Crippen LogP contribution in [0.1, 0.15) is 85.5 Å². The number of halogens is 1. The van der Waals surface area contributed by atoms with E-state index in [1.807, 2.05) is 11.6 Å². The molecule has 4 aliphatic rings. The van der Waals surface area contributed by atoms with Crippen LogP contribution < -0.4 is 24.8 Å². The van der Waals surface area contributed by atoms with Gasteiger partial charge in [-0.1, -0.05) is 45.7 Å². The van der Waals surface area contributed by atoms with E-state index in [2.05, 4.69) is 15.6 Å². The maximum Gasteiger partial charge on any atom is 0.408 e. The van der Waals surface area contributed by atoms with Gasteiger partial charge in [-0.2, -0.15) is 8.42 Å². The Bertz CT molecular complexity index is 1860. The Morgan fingerprint density at radius 1 is 1.04 bits per heavy atom. The lowest BCUT2D eigenvalue weighted by Gasteiger charge is -2.35. The van der Waals surface area contributed by atoms with E-state index in [1.165, 1.54) is 18.2 Å². The van der Waals surface area contributed by atoms with Gasteiger partial charge in [-0.15, -0.1) is 0 Å². The zero-order valence-corrected chi connectivity index (χ0v) is 32.2. The van der Waals surface area contributed by atoms with Crippen LogP contribution in [-0.4, -0.2) is 91.7 Å². The van der Waals surface area contributed by atoms with E-state index < -0.39 is 69.4 Å². The normalized spacial score (nSPS) is 25.1. The van der Waals surface area contributed by atoms with E-state index in [0.717, 1.165) is 25.7 Å². The zero-order chi connectivity index (χ0) is 38.3. The molecule has 290 valence electrons. The van der Waals surface area contributed by atoms with Gasteiger partial charge < -0.3 is 29.7 Å². The summed E-state index contributed by atoms with van der Waals surface area (Å²) in [4.78, 5) is 61.2. The fourth-order valence-electron chi connectivity index (χ4n) is 7.26. The molecule has 1 saturated heterocycles. The third kappa shape index (κ3) is 8.59. The Balaban J connectivity index is 1.27. The van der Waals surface area contributed by atoms with Crippen LogP contribution in [0.4, 0.5) is 4.79 Å². The topological polar surface area (TPSA) is 192 Å². The van der Waals surface area contributed by atoms with Crippen LogP contribution in [0.25, 0.3) is 10.9 Å². The van der Waals surface area contributed by atoms with Gasteiger partial charge in [0.15, 0.2) is 0 Å². The minimum absolute atomic E-state index is 0.0201. The quantitative estimate of drug-likeness (QED) is 0.265. The molecule has 15 nitrogen and oxygen atoms in total. The monoisotopic (exact) mass is 777 g/mol. The molecule has 53 heavy (non-hydrogen) atoms. The molecule has 0 radical (unpaired) electrons. The molecule has 2 heterocycles. The highest BCUT2D eigenvalue weighted by Crippen LogP contribution is 2.47. The molecular weight excluding hydrogens is 730 g/mol. The number of alkyl carbamates (subject to hydrolysis) is 1. The highest BCUT2D eigenvalue weighted by atomic mass is 35.5. The van der Waals surface area contributed by atoms with Crippen molar-refractivity contribution in [2.45, 2.75) is 121 Å². The lowest BCUT2D eigenvalue weighted by atomic mass is 9.85. The van der Waals surface area contributed by atoms with Crippen LogP contribution in [0, 0.1) is 11.3 Å². The Morgan fingerprint density at radius 3 is 2.38 bits per heavy atom. The molecule has 1 aliphatic heterocycles. The molecule has 3 saturated carbocycles. The summed E-state index contributed by atoms with van der Waals surface area (Å²) in [6.07, 6.45) is 4.64. The molecule has 1 aromatic carbocycles. The van der Waals surface area contributed by atoms with Crippen LogP contribution in [0.2, 0.25) is 5.02 Å². The van der Waals surface area contributed by atoms with Crippen LogP contribution in [0.15, 0.2) is 24.4 Å². The molecule has 6 rings (SSSR count). The van der Waals surface area contributed by atoms with Crippen molar-refractivity contribution in [3.63, 3.8) is 0 Å². The first-order valence-corrected chi connectivity index (χ1v) is 20.0. The van der Waals surface area contributed by atoms with E-state index in [9.17, 15) is 27.6 Å². The predicted octanol–water partition coefficient (Wildman–Crippen LogP) is 4.15. The lowest BCUT2D eigenvalue weighted by Crippen LogP contribution is -2.60. The number of hydrogen-bond donors (Lipinski definition) is 3. The lowest BCUT2D eigenvalue weighted by molar-refractivity contribution is -0.143. The number of hydrogen-bond acceptors (Lipinski definition) is 11. The van der Waals surface area contributed by atoms with E-state index in [0.29, 0.717) is 46.7 Å². The van der Waals surface area contributed by atoms with Gasteiger partial charge in [-0.25, -0.2) is 9.52 Å². The Morgan fingerprint density at radius 2 is 1.75 bits per heavy atom. The number of ether oxygens (including phenoxy) is 3. The van der Waals surface area contributed by atoms with Gasteiger partial charge in [0, 0.05) is 18.0 Å². The van der Waals surface area contributed by atoms with Crippen molar-refractivity contribution in [2.24, 2.45) is 11.3 Å². The summed E-state index contributed by atoms with van der Waals surface area (Å²) in [6.45, 7) is 7.18. The number of nitrogens with one attached hydrogen (secondary N) is 3. The van der Waals surface area contributed by atoms with Crippen LogP contribution in [0.3, 0.4) is 0 Å². The Labute approximate surface area is 314 Å². The van der Waals surface area contributed by atoms with E-state index in [1.54, 1.807) is 39.0 Å². The number of methoxy groups -OCH3 is 1. The van der Waals surface area contributed by atoms with Gasteiger partial charge in [0.2, 0.25) is 11.8 Å². The molecule has 2 unspecified atom stereocenters. The van der Waals surface area contributed by atoms with Crippen molar-refractivity contribution in [1.29, 1.82) is 0 Å². The summed E-state index contributed by atoms with van der Waals surface area (Å²) in [7, 11) is -2.90. The molecule has 4 amide bonds. The van der Waals surface area contributed by atoms with Crippen LogP contribution in [0.5, 0.6) is 11.5 Å². The first-order valence-electron chi connectivity index (χ1n) is 18.2. The molecule has 2 aromatic rings. The SMILES string of the molecule is CCC1C[C@]1(NC(=O)C1C[C@@H](Oc2ccnc3c(Cl)c(OC)ccc23)CN1C(=O)[C@@H](NC(=O)OC1CCCC1)C(C)(C)C)C(=O)NS(=O)(=O)OC1CC1. The number of rotatable bonds is 13. The van der Waals surface area contributed by atoms with Gasteiger partial charge in [0.1, 0.15) is 46.4 Å². The minimum atomic E-state index is -4.40. The maximum absolute atomic E-state index is 14.5. The fraction of sp³-hybridized carbons (Fsp3) is 0.639. The molecule has 5 atom stereocenters. The van der Waals surface area contributed by atoms with Crippen LogP contribution in [-0.2, 0) is 33.6 Å². The standard InChI is InChI=1S/C36H48ClN5O10S/c1-6-20-18-36(20,33(45)41-53(47,48)52-22-11-12-22)40-31(43)25-17-23(50-26-15-16-38-29-24(26)13-14-27(49-5)28(29)37)19-42(25)32(44)30(35(2,3)4)39-34(46)51-21-9-7-8-10-21/h13-16,20-23,25,30H,6-12,17-19H2,1-5H3,(H,39,46)(H,40,43)(H,41,45)/t20?,23-,25?,30-,36-/m1/s1. The molecule has 0 bridgehead atoms. The summed E-state index contributed by atoms with van der Waals surface area (Å²) in [5.74, 6) is -1.61. The molecular formula is C36H48ClN5O10S. The second kappa shape index (κ2) is 15.1. The minimum Gasteiger partial charge on any atom is -0.495 e. The number of benzene rings is 1. The average Bonchev–Trinajstić information content (AvgIpc) is 3.92. The van der Waals surface area contributed by atoms with Gasteiger partial charge in [-0.3, -0.25) is 23.6 Å². The number of amides is 4. The van der Waals surface area contributed by atoms with Gasteiger partial charge in [-0.05, 0) is 74.5 Å². The van der Waals surface area contributed by atoms with Gasteiger partial charge in [0.25, 0.3) is 5.91 Å². The van der Waals surface area contributed by atoms with Crippen molar-refractivity contribution in [3.8, 4) is 11.5 Å². The summed E-state index contributed by atoms with van der Waals surface area (Å²) < 4.78 is 49.6. The largest absolute Gasteiger partial charge is 0.495 e. The number of nitrogens with zero attached hydrogens (tertiary/aromatic N) is 2. The number of likely N-dealkylation sites (tertiary alicyclic amines) is 1. The highest BCUT2D eigenvalue weighted by Gasteiger charge is 2.62. The van der Waals surface area contributed by atoms with Crippen molar-refractivity contribution in [1.82, 2.24) is 25.2 Å². The second-order valence-corrected chi connectivity index (χ2v) is 17.2. The molecule has 17 heteroatoms. The molecule has 3 N–H and O–H groups in total. The maximum atomic E-state index is 14.5. The summed E-state index contributed by atoms with van der Waals surface area (Å²) >= 11 is 6.54. The van der Waals surface area contributed by atoms with Crippen molar-refractivity contribution in [3.05, 3.63) is 29.4 Å². The summed E-state index contributed by atoms with van der Waals surface area (Å²) in [5.41, 5.74) is -1.89. The van der Waals surface area contributed by atoms with E-state index in [-0.39, 0.29) is 31.4 Å². The zero-order valence-electron chi connectivity index (χ0n) is 30.6. The number of pyridine rings is 1. The molecule has 1 aromatic heterocycles. The van der Waals surface area contributed by atoms with Crippen LogP contribution >= 0.6 is 11.6 Å². The van der Waals surface area contributed by atoms with Gasteiger partial charge >= 0.3 is 16.4 Å². The molecule has 3 aliphatic carbocycles. The molecule has 4 fully saturated rings. The van der Waals surface area contributed by atoms with E-state index >= 15 is 0 Å². The third-order valence-electron chi connectivity index (χ3n) is 10.4. The van der Waals surface area contributed by atoms with Crippen molar-refractivity contribution < 1.29 is 46.0 Å². The average molecular weight is 778 g/mol. The first-order chi connectivity index (χ1) is 25.0. The number of aromatic nitrogens is 1. The summed E-state index contributed by atoms with van der Waals surface area (Å²) in [5, 5.41) is 6.46. The Kier molecular flexibility index (Phi) is 11.1. The first kappa shape index (κ1) is 38.8. The number of fused-ring (bicyclic) bond motifs is 1. The fourth-order valence-corrected chi connectivity index (χ4v) is 8.56. The summed E-state index contributed by atoms with van der Waals surface area (Å²) in [6, 6.07) is 2.85. The van der Waals surface area contributed by atoms with Crippen molar-refractivity contribution in [2.75, 3.05) is 13.7 Å². The number of carbonyl (C=O) groups excluding carboxylic acids is 4. The number of carbonyl (C=O) groups is 4. The highest BCUT2D eigenvalue weighted by molar-refractivity contribution is 7.85. The second-order valence-electron chi connectivity index (χ2n) is 15.5. The smallest absolute Gasteiger partial charge is 0.408 e. The van der Waals surface area contributed by atoms with Gasteiger partial charge in [0.05, 0.1) is 25.3 Å². The Hall–Kier alpha value is -3.89. The predicted molar refractivity (Wildman–Crippen MR) is 193 cm³/mol.